The van der Waals surface area contributed by atoms with Crippen LogP contribution in [-0.4, -0.2) is 37.6 Å². The lowest BCUT2D eigenvalue weighted by atomic mass is 10.2. The van der Waals surface area contributed by atoms with Crippen LogP contribution in [0.25, 0.3) is 0 Å². The molecule has 0 amide bonds. The van der Waals surface area contributed by atoms with E-state index in [1.54, 1.807) is 0 Å². The van der Waals surface area contributed by atoms with E-state index in [2.05, 4.69) is 17.1 Å². The SMILES string of the molecule is CCCN1CCCCCNCC1. The molecule has 72 valence electrons. The Hall–Kier alpha value is -0.0800. The van der Waals surface area contributed by atoms with Gasteiger partial charge in [-0.2, -0.15) is 0 Å². The van der Waals surface area contributed by atoms with E-state index in [-0.39, 0.29) is 0 Å². The van der Waals surface area contributed by atoms with Crippen molar-refractivity contribution in [2.75, 3.05) is 32.7 Å². The average Bonchev–Trinajstić information content (AvgIpc) is 2.19. The van der Waals surface area contributed by atoms with E-state index in [4.69, 9.17) is 0 Å². The van der Waals surface area contributed by atoms with Gasteiger partial charge < -0.3 is 10.2 Å². The number of hydrogen-bond donors (Lipinski definition) is 1. The Morgan fingerprint density at radius 1 is 1.08 bits per heavy atom. The summed E-state index contributed by atoms with van der Waals surface area (Å²) < 4.78 is 0. The molecule has 1 rings (SSSR count). The summed E-state index contributed by atoms with van der Waals surface area (Å²) in [5.41, 5.74) is 0. The molecule has 0 unspecified atom stereocenters. The Morgan fingerprint density at radius 2 is 2.00 bits per heavy atom. The van der Waals surface area contributed by atoms with Crippen LogP contribution in [-0.2, 0) is 0 Å². The Labute approximate surface area is 76.3 Å². The van der Waals surface area contributed by atoms with E-state index >= 15 is 0 Å². The molecule has 1 N–H and O–H groups in total. The Kier molecular flexibility index (Phi) is 5.37. The van der Waals surface area contributed by atoms with Crippen LogP contribution in [0.5, 0.6) is 0 Å². The van der Waals surface area contributed by atoms with Crippen molar-refractivity contribution in [1.82, 2.24) is 10.2 Å². The van der Waals surface area contributed by atoms with Crippen molar-refractivity contribution < 1.29 is 0 Å². The second kappa shape index (κ2) is 6.44. The van der Waals surface area contributed by atoms with Gasteiger partial charge in [-0.05, 0) is 38.9 Å². The van der Waals surface area contributed by atoms with Gasteiger partial charge >= 0.3 is 0 Å². The van der Waals surface area contributed by atoms with Crippen molar-refractivity contribution in [3.63, 3.8) is 0 Å². The average molecular weight is 170 g/mol. The molecule has 1 aliphatic heterocycles. The van der Waals surface area contributed by atoms with Gasteiger partial charge in [0.2, 0.25) is 0 Å². The predicted molar refractivity (Wildman–Crippen MR) is 53.5 cm³/mol. The number of hydrogen-bond acceptors (Lipinski definition) is 2. The lowest BCUT2D eigenvalue weighted by Crippen LogP contribution is -2.32. The first kappa shape index (κ1) is 10.0. The molecule has 0 radical (unpaired) electrons. The standard InChI is InChI=1S/C10H22N2/c1-2-8-12-9-5-3-4-6-11-7-10-12/h11H,2-10H2,1H3. The maximum Gasteiger partial charge on any atom is 0.0107 e. The van der Waals surface area contributed by atoms with Gasteiger partial charge in [-0.3, -0.25) is 0 Å². The molecule has 0 saturated carbocycles. The van der Waals surface area contributed by atoms with Gasteiger partial charge in [0.25, 0.3) is 0 Å². The quantitative estimate of drug-likeness (QED) is 0.675. The summed E-state index contributed by atoms with van der Waals surface area (Å²) in [4.78, 5) is 2.58. The third-order valence-corrected chi connectivity index (χ3v) is 2.47. The maximum absolute atomic E-state index is 3.47. The normalized spacial score (nSPS) is 22.8. The molecule has 1 saturated heterocycles. The maximum atomic E-state index is 3.47. The van der Waals surface area contributed by atoms with Crippen LogP contribution in [0.15, 0.2) is 0 Å². The fourth-order valence-electron chi connectivity index (χ4n) is 1.78. The molecule has 0 aromatic rings. The van der Waals surface area contributed by atoms with Crippen molar-refractivity contribution in [3.8, 4) is 0 Å². The Bertz CT molecular complexity index is 94.0. The van der Waals surface area contributed by atoms with Gasteiger partial charge in [0.1, 0.15) is 0 Å². The highest BCUT2D eigenvalue weighted by Crippen LogP contribution is 2.01. The van der Waals surface area contributed by atoms with E-state index in [0.717, 1.165) is 0 Å². The predicted octanol–water partition coefficient (Wildman–Crippen LogP) is 1.47. The van der Waals surface area contributed by atoms with E-state index in [0.29, 0.717) is 0 Å². The molecule has 0 aromatic carbocycles. The first-order valence-electron chi connectivity index (χ1n) is 5.36. The van der Waals surface area contributed by atoms with Crippen molar-refractivity contribution >= 4 is 0 Å². The van der Waals surface area contributed by atoms with Gasteiger partial charge in [-0.25, -0.2) is 0 Å². The first-order valence-corrected chi connectivity index (χ1v) is 5.36. The largest absolute Gasteiger partial charge is 0.315 e. The first-order chi connectivity index (χ1) is 5.93. The minimum atomic E-state index is 1.18. The van der Waals surface area contributed by atoms with E-state index < -0.39 is 0 Å². The van der Waals surface area contributed by atoms with Gasteiger partial charge in [0, 0.05) is 13.1 Å². The van der Waals surface area contributed by atoms with Crippen LogP contribution < -0.4 is 5.32 Å². The van der Waals surface area contributed by atoms with Crippen molar-refractivity contribution in [2.24, 2.45) is 0 Å². The van der Waals surface area contributed by atoms with Crippen LogP contribution in [0.2, 0.25) is 0 Å². The molecule has 2 nitrogen and oxygen atoms in total. The zero-order chi connectivity index (χ0) is 8.65. The van der Waals surface area contributed by atoms with Crippen molar-refractivity contribution in [3.05, 3.63) is 0 Å². The van der Waals surface area contributed by atoms with E-state index in [1.807, 2.05) is 0 Å². The minimum absolute atomic E-state index is 1.18. The fraction of sp³-hybridized carbons (Fsp3) is 1.00. The lowest BCUT2D eigenvalue weighted by Gasteiger charge is -2.20. The molecule has 0 spiro atoms. The van der Waals surface area contributed by atoms with Gasteiger partial charge in [-0.1, -0.05) is 13.3 Å². The molecule has 0 aromatic heterocycles. The summed E-state index contributed by atoms with van der Waals surface area (Å²) in [5, 5.41) is 3.47. The highest BCUT2D eigenvalue weighted by atomic mass is 15.1. The number of nitrogens with zero attached hydrogens (tertiary/aromatic N) is 1. The smallest absolute Gasteiger partial charge is 0.0107 e. The lowest BCUT2D eigenvalue weighted by molar-refractivity contribution is 0.275. The summed E-state index contributed by atoms with van der Waals surface area (Å²) in [7, 11) is 0. The van der Waals surface area contributed by atoms with Crippen LogP contribution in [0.4, 0.5) is 0 Å². The highest BCUT2D eigenvalue weighted by Gasteiger charge is 2.04. The molecular weight excluding hydrogens is 148 g/mol. The Balaban J connectivity index is 2.19. The van der Waals surface area contributed by atoms with Crippen molar-refractivity contribution in [1.29, 1.82) is 0 Å². The molecule has 0 atom stereocenters. The molecule has 0 bridgehead atoms. The number of nitrogens with one attached hydrogen (secondary N) is 1. The molecule has 1 fully saturated rings. The summed E-state index contributed by atoms with van der Waals surface area (Å²) in [5.74, 6) is 0. The molecular formula is C10H22N2. The van der Waals surface area contributed by atoms with Crippen LogP contribution in [0.1, 0.15) is 32.6 Å². The van der Waals surface area contributed by atoms with Crippen LogP contribution in [0, 0.1) is 0 Å². The van der Waals surface area contributed by atoms with Gasteiger partial charge in [0.15, 0.2) is 0 Å². The van der Waals surface area contributed by atoms with Crippen LogP contribution >= 0.6 is 0 Å². The molecule has 12 heavy (non-hydrogen) atoms. The minimum Gasteiger partial charge on any atom is -0.315 e. The highest BCUT2D eigenvalue weighted by molar-refractivity contribution is 4.62. The number of rotatable bonds is 2. The molecule has 1 aliphatic rings. The molecule has 2 heteroatoms. The zero-order valence-electron chi connectivity index (χ0n) is 8.31. The Morgan fingerprint density at radius 3 is 2.83 bits per heavy atom. The summed E-state index contributed by atoms with van der Waals surface area (Å²) in [6, 6.07) is 0. The van der Waals surface area contributed by atoms with Crippen molar-refractivity contribution in [2.45, 2.75) is 32.6 Å². The van der Waals surface area contributed by atoms with E-state index in [9.17, 15) is 0 Å². The summed E-state index contributed by atoms with van der Waals surface area (Å²) in [6.07, 6.45) is 5.44. The molecule has 1 heterocycles. The van der Waals surface area contributed by atoms with E-state index in [1.165, 1.54) is 58.4 Å². The second-order valence-corrected chi connectivity index (χ2v) is 3.65. The van der Waals surface area contributed by atoms with Crippen LogP contribution in [0.3, 0.4) is 0 Å². The molecule has 0 aliphatic carbocycles. The second-order valence-electron chi connectivity index (χ2n) is 3.65. The third kappa shape index (κ3) is 4.07. The monoisotopic (exact) mass is 170 g/mol. The fourth-order valence-corrected chi connectivity index (χ4v) is 1.78. The topological polar surface area (TPSA) is 15.3 Å². The van der Waals surface area contributed by atoms with Gasteiger partial charge in [0.05, 0.1) is 0 Å². The van der Waals surface area contributed by atoms with Gasteiger partial charge in [-0.15, -0.1) is 0 Å². The third-order valence-electron chi connectivity index (χ3n) is 2.47. The summed E-state index contributed by atoms with van der Waals surface area (Å²) >= 11 is 0. The zero-order valence-corrected chi connectivity index (χ0v) is 8.31. The summed E-state index contributed by atoms with van der Waals surface area (Å²) in [6.45, 7) is 8.51.